The molecule has 2 rings (SSSR count). The first-order valence-electron chi connectivity index (χ1n) is 9.47. The van der Waals surface area contributed by atoms with Crippen molar-refractivity contribution in [3.05, 3.63) is 29.3 Å². The summed E-state index contributed by atoms with van der Waals surface area (Å²) in [5.74, 6) is -2.22. The van der Waals surface area contributed by atoms with Crippen LogP contribution >= 0.6 is 0 Å². The molecule has 1 aromatic rings. The van der Waals surface area contributed by atoms with Crippen molar-refractivity contribution in [3.8, 4) is 0 Å². The van der Waals surface area contributed by atoms with Crippen LogP contribution in [0.25, 0.3) is 0 Å². The summed E-state index contributed by atoms with van der Waals surface area (Å²) in [5.41, 5.74) is -0.276. The predicted octanol–water partition coefficient (Wildman–Crippen LogP) is 2.97. The third-order valence-corrected chi connectivity index (χ3v) is 6.96. The van der Waals surface area contributed by atoms with Crippen LogP contribution in [0.5, 0.6) is 0 Å². The molecule has 6 nitrogen and oxygen atoms in total. The molecule has 1 saturated carbocycles. The smallest absolute Gasteiger partial charge is 0.259 e. The third-order valence-electron chi connectivity index (χ3n) is 5.06. The van der Waals surface area contributed by atoms with Gasteiger partial charge in [0.2, 0.25) is 10.0 Å². The number of nitrogens with one attached hydrogen (secondary N) is 2. The fourth-order valence-corrected chi connectivity index (χ4v) is 4.19. The summed E-state index contributed by atoms with van der Waals surface area (Å²) >= 11 is 0. The van der Waals surface area contributed by atoms with Crippen LogP contribution in [0.3, 0.4) is 0 Å². The molecule has 0 radical (unpaired) electrons. The number of anilines is 1. The van der Waals surface area contributed by atoms with Crippen LogP contribution in [0.4, 0.5) is 14.5 Å². The number of halogens is 2. The molecule has 1 aliphatic carbocycles. The minimum atomic E-state index is -3.28. The molecule has 2 N–H and O–H groups in total. The summed E-state index contributed by atoms with van der Waals surface area (Å²) in [6.45, 7) is 3.82. The number of amides is 1. The molecule has 0 bridgehead atoms. The molecule has 1 aliphatic rings. The number of carbonyl (C=O) groups excluding carboxylic acids is 1. The van der Waals surface area contributed by atoms with E-state index in [9.17, 15) is 22.0 Å². The van der Waals surface area contributed by atoms with Gasteiger partial charge in [0.15, 0.2) is 0 Å². The quantitative estimate of drug-likeness (QED) is 0.715. The van der Waals surface area contributed by atoms with E-state index in [1.54, 1.807) is 13.8 Å². The predicted molar refractivity (Wildman–Crippen MR) is 106 cm³/mol. The Morgan fingerprint density at radius 2 is 1.68 bits per heavy atom. The van der Waals surface area contributed by atoms with Crippen molar-refractivity contribution in [2.45, 2.75) is 50.8 Å². The van der Waals surface area contributed by atoms with Crippen molar-refractivity contribution < 1.29 is 22.0 Å². The van der Waals surface area contributed by atoms with E-state index in [1.165, 1.54) is 14.1 Å². The monoisotopic (exact) mass is 417 g/mol. The van der Waals surface area contributed by atoms with E-state index in [1.807, 2.05) is 0 Å². The maximum absolute atomic E-state index is 14.2. The Bertz CT molecular complexity index is 782. The summed E-state index contributed by atoms with van der Waals surface area (Å²) in [6, 6.07) is 2.19. The molecular formula is C19H29F2N3O3S. The van der Waals surface area contributed by atoms with Gasteiger partial charge in [-0.3, -0.25) is 4.79 Å². The largest absolute Gasteiger partial charge is 0.385 e. The SMILES string of the molecule is CC(C)S(=O)(=O)N[C@H]1CC[C@H](CNc2cc(F)c(C(=O)N(C)C)c(F)c2)CC1. The standard InChI is InChI=1S/C19H29F2N3O3S/c1-12(2)28(26,27)23-14-7-5-13(6-8-14)11-22-15-9-16(20)18(17(21)10-15)19(25)24(3)4/h9-10,12-14,22-23H,5-8,11H2,1-4H3/t13-,14-. The first-order chi connectivity index (χ1) is 13.0. The second-order valence-corrected chi connectivity index (χ2v) is 10.1. The number of hydrogen-bond acceptors (Lipinski definition) is 4. The Kier molecular flexibility index (Phi) is 7.39. The molecule has 0 aromatic heterocycles. The molecule has 0 heterocycles. The highest BCUT2D eigenvalue weighted by Crippen LogP contribution is 2.26. The van der Waals surface area contributed by atoms with E-state index in [4.69, 9.17) is 0 Å². The molecule has 1 aromatic carbocycles. The van der Waals surface area contributed by atoms with E-state index in [0.717, 1.165) is 42.7 Å². The fourth-order valence-electron chi connectivity index (χ4n) is 3.22. The average molecular weight is 418 g/mol. The second-order valence-electron chi connectivity index (χ2n) is 7.82. The van der Waals surface area contributed by atoms with Gasteiger partial charge in [0, 0.05) is 32.4 Å². The number of sulfonamides is 1. The highest BCUT2D eigenvalue weighted by molar-refractivity contribution is 7.90. The normalized spacial score (nSPS) is 20.2. The van der Waals surface area contributed by atoms with Crippen molar-refractivity contribution in [1.82, 2.24) is 9.62 Å². The lowest BCUT2D eigenvalue weighted by molar-refractivity contribution is 0.0818. The number of hydrogen-bond donors (Lipinski definition) is 2. The Morgan fingerprint density at radius 3 is 2.14 bits per heavy atom. The number of carbonyl (C=O) groups is 1. The Labute approximate surface area is 165 Å². The molecule has 0 saturated heterocycles. The first kappa shape index (κ1) is 22.5. The molecule has 1 amide bonds. The minimum Gasteiger partial charge on any atom is -0.385 e. The minimum absolute atomic E-state index is 0.0603. The van der Waals surface area contributed by atoms with Crippen LogP contribution in [0, 0.1) is 17.6 Å². The van der Waals surface area contributed by atoms with Gasteiger partial charge in [-0.25, -0.2) is 21.9 Å². The van der Waals surface area contributed by atoms with Gasteiger partial charge in [-0.1, -0.05) is 0 Å². The molecule has 1 fully saturated rings. The lowest BCUT2D eigenvalue weighted by Gasteiger charge is -2.29. The van der Waals surface area contributed by atoms with Gasteiger partial charge in [-0.2, -0.15) is 0 Å². The zero-order chi connectivity index (χ0) is 21.1. The number of nitrogens with zero attached hydrogens (tertiary/aromatic N) is 1. The second kappa shape index (κ2) is 9.17. The number of rotatable bonds is 7. The molecule has 0 atom stereocenters. The Hall–Kier alpha value is -1.74. The van der Waals surface area contributed by atoms with Gasteiger partial charge < -0.3 is 10.2 Å². The maximum atomic E-state index is 14.2. The van der Waals surface area contributed by atoms with Crippen molar-refractivity contribution in [3.63, 3.8) is 0 Å². The number of benzene rings is 1. The molecule has 9 heteroatoms. The fraction of sp³-hybridized carbons (Fsp3) is 0.632. The van der Waals surface area contributed by atoms with Crippen LogP contribution in [-0.4, -0.2) is 51.2 Å². The molecule has 158 valence electrons. The van der Waals surface area contributed by atoms with E-state index >= 15 is 0 Å². The van der Waals surface area contributed by atoms with E-state index < -0.39 is 38.4 Å². The summed E-state index contributed by atoms with van der Waals surface area (Å²) in [6.07, 6.45) is 3.11. The maximum Gasteiger partial charge on any atom is 0.259 e. The molecule has 0 unspecified atom stereocenters. The summed E-state index contributed by atoms with van der Waals surface area (Å²) in [5, 5.41) is 2.57. The highest BCUT2D eigenvalue weighted by Gasteiger charge is 2.26. The average Bonchev–Trinajstić information content (AvgIpc) is 2.60. The summed E-state index contributed by atoms with van der Waals surface area (Å²) in [4.78, 5) is 13.0. The summed E-state index contributed by atoms with van der Waals surface area (Å²) in [7, 11) is -0.406. The van der Waals surface area contributed by atoms with E-state index in [0.29, 0.717) is 6.54 Å². The molecule has 0 spiro atoms. The van der Waals surface area contributed by atoms with Gasteiger partial charge in [0.25, 0.3) is 5.91 Å². The van der Waals surface area contributed by atoms with Gasteiger partial charge in [-0.15, -0.1) is 0 Å². The van der Waals surface area contributed by atoms with Crippen LogP contribution < -0.4 is 10.0 Å². The summed E-state index contributed by atoms with van der Waals surface area (Å²) < 4.78 is 55.0. The van der Waals surface area contributed by atoms with Crippen molar-refractivity contribution in [2.24, 2.45) is 5.92 Å². The van der Waals surface area contributed by atoms with Crippen molar-refractivity contribution >= 4 is 21.6 Å². The van der Waals surface area contributed by atoms with Gasteiger partial charge >= 0.3 is 0 Å². The lowest BCUT2D eigenvalue weighted by atomic mass is 9.86. The topological polar surface area (TPSA) is 78.5 Å². The zero-order valence-electron chi connectivity index (χ0n) is 16.8. The molecular weight excluding hydrogens is 388 g/mol. The Morgan fingerprint density at radius 1 is 1.14 bits per heavy atom. The van der Waals surface area contributed by atoms with Gasteiger partial charge in [-0.05, 0) is 57.6 Å². The lowest BCUT2D eigenvalue weighted by Crippen LogP contribution is -2.41. The van der Waals surface area contributed by atoms with Gasteiger partial charge in [0.05, 0.1) is 5.25 Å². The van der Waals surface area contributed by atoms with Crippen LogP contribution in [0.2, 0.25) is 0 Å². The van der Waals surface area contributed by atoms with E-state index in [2.05, 4.69) is 10.0 Å². The zero-order valence-corrected chi connectivity index (χ0v) is 17.6. The van der Waals surface area contributed by atoms with Crippen LogP contribution in [-0.2, 0) is 10.0 Å². The van der Waals surface area contributed by atoms with E-state index in [-0.39, 0.29) is 17.6 Å². The third kappa shape index (κ3) is 5.64. The highest BCUT2D eigenvalue weighted by atomic mass is 32.2. The Balaban J connectivity index is 1.90. The van der Waals surface area contributed by atoms with Crippen LogP contribution in [0.1, 0.15) is 49.9 Å². The van der Waals surface area contributed by atoms with Crippen molar-refractivity contribution in [1.29, 1.82) is 0 Å². The van der Waals surface area contributed by atoms with Crippen molar-refractivity contribution in [2.75, 3.05) is 26.0 Å². The first-order valence-corrected chi connectivity index (χ1v) is 11.0. The molecule has 0 aliphatic heterocycles. The van der Waals surface area contributed by atoms with Gasteiger partial charge in [0.1, 0.15) is 17.2 Å². The van der Waals surface area contributed by atoms with Crippen LogP contribution in [0.15, 0.2) is 12.1 Å². The molecule has 28 heavy (non-hydrogen) atoms.